The lowest BCUT2D eigenvalue weighted by Gasteiger charge is -2.48. The number of nitrogens with two attached hydrogens (primary N) is 1. The molecule has 0 aromatic heterocycles. The van der Waals surface area contributed by atoms with E-state index in [0.29, 0.717) is 24.1 Å². The van der Waals surface area contributed by atoms with Gasteiger partial charge in [-0.25, -0.2) is 8.78 Å². The Hall–Kier alpha value is -3.56. The summed E-state index contributed by atoms with van der Waals surface area (Å²) < 4.78 is 34.1. The summed E-state index contributed by atoms with van der Waals surface area (Å²) in [5.41, 5.74) is 7.32. The molecule has 0 saturated carbocycles. The second-order valence-electron chi connectivity index (χ2n) is 11.9. The van der Waals surface area contributed by atoms with E-state index in [4.69, 9.17) is 10.2 Å². The van der Waals surface area contributed by atoms with Gasteiger partial charge in [0.25, 0.3) is 0 Å². The molecule has 0 bridgehead atoms. The predicted molar refractivity (Wildman–Crippen MR) is 153 cm³/mol. The molecule has 3 atom stereocenters. The molecule has 1 aliphatic rings. The molecule has 0 spiro atoms. The number of primary amides is 1. The maximum absolute atomic E-state index is 13.7. The maximum atomic E-state index is 13.7. The number of β-lactam (4-membered cyclic amide) rings is 1. The molecule has 4 rings (SSSR count). The van der Waals surface area contributed by atoms with E-state index >= 15 is 0 Å². The third kappa shape index (κ3) is 5.95. The largest absolute Gasteiger partial charge is 0.508 e. The number of rotatable bonds is 9. The van der Waals surface area contributed by atoms with Gasteiger partial charge in [0.2, 0.25) is 11.8 Å². The molecule has 0 aliphatic carbocycles. The van der Waals surface area contributed by atoms with E-state index < -0.39 is 32.0 Å². The van der Waals surface area contributed by atoms with Crippen LogP contribution in [0, 0.1) is 17.6 Å². The lowest BCUT2D eigenvalue weighted by Crippen LogP contribution is -2.55. The third-order valence-electron chi connectivity index (χ3n) is 8.18. The van der Waals surface area contributed by atoms with Gasteiger partial charge in [-0.15, -0.1) is 0 Å². The number of phenolic OH excluding ortho intramolecular Hbond substituents is 1. The van der Waals surface area contributed by atoms with Crippen molar-refractivity contribution < 1.29 is 27.9 Å². The summed E-state index contributed by atoms with van der Waals surface area (Å²) >= 11 is 0. The highest BCUT2D eigenvalue weighted by Crippen LogP contribution is 2.49. The van der Waals surface area contributed by atoms with E-state index in [9.17, 15) is 23.5 Å². The fourth-order valence-corrected chi connectivity index (χ4v) is 6.18. The summed E-state index contributed by atoms with van der Waals surface area (Å²) in [7, 11) is -2.23. The molecular weight excluding hydrogens is 530 g/mol. The Bertz CT molecular complexity index is 1390. The van der Waals surface area contributed by atoms with Crippen LogP contribution in [0.5, 0.6) is 5.75 Å². The average molecular weight is 567 g/mol. The minimum atomic E-state index is -2.23. The summed E-state index contributed by atoms with van der Waals surface area (Å²) in [5.74, 6) is -2.28. The van der Waals surface area contributed by atoms with E-state index in [0.717, 1.165) is 5.56 Å². The van der Waals surface area contributed by atoms with Gasteiger partial charge in [0.15, 0.2) is 8.32 Å². The first-order valence-corrected chi connectivity index (χ1v) is 16.2. The van der Waals surface area contributed by atoms with Crippen LogP contribution in [0.25, 0.3) is 0 Å². The van der Waals surface area contributed by atoms with E-state index in [1.54, 1.807) is 18.2 Å². The zero-order valence-corrected chi connectivity index (χ0v) is 24.4. The second kappa shape index (κ2) is 11.1. The molecule has 3 aromatic carbocycles. The lowest BCUT2D eigenvalue weighted by atomic mass is 9.77. The van der Waals surface area contributed by atoms with Gasteiger partial charge >= 0.3 is 0 Å². The highest BCUT2D eigenvalue weighted by Gasteiger charge is 2.50. The van der Waals surface area contributed by atoms with Gasteiger partial charge in [-0.2, -0.15) is 0 Å². The van der Waals surface area contributed by atoms with Crippen LogP contribution < -0.4 is 10.6 Å². The van der Waals surface area contributed by atoms with Crippen LogP contribution in [0.1, 0.15) is 67.2 Å². The van der Waals surface area contributed by atoms with Gasteiger partial charge < -0.3 is 20.2 Å². The number of anilines is 1. The molecule has 9 heteroatoms. The molecule has 212 valence electrons. The van der Waals surface area contributed by atoms with Crippen molar-refractivity contribution in [2.75, 3.05) is 4.90 Å². The Morgan fingerprint density at radius 2 is 1.60 bits per heavy atom. The SMILES string of the molecule is CC(C)(C)[Si](C)(C)OC(CCC1C(=O)N(c2ccc(F)cc2)C1c1ccc(C(N)=O)cc1O)c1ccc(F)cc1. The third-order valence-corrected chi connectivity index (χ3v) is 12.7. The molecule has 1 fully saturated rings. The smallest absolute Gasteiger partial charge is 0.248 e. The summed E-state index contributed by atoms with van der Waals surface area (Å²) in [4.78, 5) is 26.7. The first-order valence-electron chi connectivity index (χ1n) is 13.3. The van der Waals surface area contributed by atoms with Crippen LogP contribution in [0.2, 0.25) is 18.1 Å². The topological polar surface area (TPSA) is 92.9 Å². The van der Waals surface area contributed by atoms with Gasteiger partial charge in [0.1, 0.15) is 17.4 Å². The van der Waals surface area contributed by atoms with Crippen molar-refractivity contribution >= 4 is 25.8 Å². The van der Waals surface area contributed by atoms with E-state index in [1.165, 1.54) is 53.4 Å². The molecule has 2 amide bonds. The molecule has 1 saturated heterocycles. The van der Waals surface area contributed by atoms with Crippen molar-refractivity contribution in [2.24, 2.45) is 11.7 Å². The second-order valence-corrected chi connectivity index (χ2v) is 16.6. The molecule has 1 heterocycles. The quantitative estimate of drug-likeness (QED) is 0.215. The van der Waals surface area contributed by atoms with Crippen LogP contribution >= 0.6 is 0 Å². The van der Waals surface area contributed by atoms with Crippen molar-refractivity contribution in [3.8, 4) is 5.75 Å². The summed E-state index contributed by atoms with van der Waals surface area (Å²) in [6, 6.07) is 15.7. The van der Waals surface area contributed by atoms with Crippen LogP contribution in [-0.4, -0.2) is 25.2 Å². The molecular formula is C31H36F2N2O4Si. The Kier molecular flexibility index (Phi) is 8.19. The van der Waals surface area contributed by atoms with Crippen molar-refractivity contribution in [2.45, 2.75) is 63.9 Å². The van der Waals surface area contributed by atoms with Crippen LogP contribution in [0.3, 0.4) is 0 Å². The van der Waals surface area contributed by atoms with Gasteiger partial charge in [0, 0.05) is 16.8 Å². The normalized spacial score (nSPS) is 18.4. The standard InChI is InChI=1S/C31H36F2N2O4Si/c1-31(2,3)40(4,5)39-27(19-6-9-21(32)10-7-19)17-16-25-28(24-15-8-20(29(34)37)18-26(24)36)35(30(25)38)23-13-11-22(33)12-14-23/h6-15,18,25,27-28,36H,16-17H2,1-5H3,(H2,34,37). The number of phenols is 1. The van der Waals surface area contributed by atoms with Crippen molar-refractivity contribution in [1.82, 2.24) is 0 Å². The van der Waals surface area contributed by atoms with Crippen LogP contribution in [0.4, 0.5) is 14.5 Å². The fraction of sp³-hybridized carbons (Fsp3) is 0.355. The van der Waals surface area contributed by atoms with Crippen LogP contribution in [0.15, 0.2) is 66.7 Å². The lowest BCUT2D eigenvalue weighted by molar-refractivity contribution is -0.131. The fourth-order valence-electron chi connectivity index (χ4n) is 4.86. The molecule has 6 nitrogen and oxygen atoms in total. The van der Waals surface area contributed by atoms with E-state index in [1.807, 2.05) is 0 Å². The molecule has 3 aromatic rings. The number of hydrogen-bond donors (Lipinski definition) is 2. The summed E-state index contributed by atoms with van der Waals surface area (Å²) in [5, 5.41) is 10.8. The monoisotopic (exact) mass is 566 g/mol. The Labute approximate surface area is 234 Å². The van der Waals surface area contributed by atoms with Gasteiger partial charge in [-0.05, 0) is 85.1 Å². The molecule has 40 heavy (non-hydrogen) atoms. The van der Waals surface area contributed by atoms with E-state index in [-0.39, 0.29) is 34.2 Å². The Morgan fingerprint density at radius 1 is 1.02 bits per heavy atom. The zero-order chi connectivity index (χ0) is 29.4. The first kappa shape index (κ1) is 29.4. The minimum Gasteiger partial charge on any atom is -0.508 e. The number of carbonyl (C=O) groups is 2. The number of benzene rings is 3. The summed E-state index contributed by atoms with van der Waals surface area (Å²) in [6.07, 6.45) is 0.553. The number of halogens is 2. The maximum Gasteiger partial charge on any atom is 0.248 e. The van der Waals surface area contributed by atoms with Gasteiger partial charge in [0.05, 0.1) is 18.1 Å². The Balaban J connectivity index is 1.67. The highest BCUT2D eigenvalue weighted by atomic mass is 28.4. The minimum absolute atomic E-state index is 0.0621. The van der Waals surface area contributed by atoms with Gasteiger partial charge in [-0.3, -0.25) is 9.59 Å². The Morgan fingerprint density at radius 3 is 2.12 bits per heavy atom. The van der Waals surface area contributed by atoms with Crippen molar-refractivity contribution in [3.05, 3.63) is 95.1 Å². The predicted octanol–water partition coefficient (Wildman–Crippen LogP) is 7.02. The van der Waals surface area contributed by atoms with Crippen molar-refractivity contribution in [3.63, 3.8) is 0 Å². The van der Waals surface area contributed by atoms with E-state index in [2.05, 4.69) is 33.9 Å². The zero-order valence-electron chi connectivity index (χ0n) is 23.4. The summed E-state index contributed by atoms with van der Waals surface area (Å²) in [6.45, 7) is 10.7. The number of carbonyl (C=O) groups excluding carboxylic acids is 2. The van der Waals surface area contributed by atoms with Crippen LogP contribution in [-0.2, 0) is 9.22 Å². The number of hydrogen-bond acceptors (Lipinski definition) is 4. The average Bonchev–Trinajstić information content (AvgIpc) is 2.87. The highest BCUT2D eigenvalue weighted by molar-refractivity contribution is 6.74. The van der Waals surface area contributed by atoms with Gasteiger partial charge in [-0.1, -0.05) is 39.0 Å². The molecule has 0 radical (unpaired) electrons. The number of amides is 2. The molecule has 3 unspecified atom stereocenters. The first-order chi connectivity index (χ1) is 18.7. The number of nitrogens with zero attached hydrogens (tertiary/aromatic N) is 1. The number of aromatic hydroxyl groups is 1. The van der Waals surface area contributed by atoms with Crippen molar-refractivity contribution in [1.29, 1.82) is 0 Å². The molecule has 3 N–H and O–H groups in total. The molecule has 1 aliphatic heterocycles.